The van der Waals surface area contributed by atoms with E-state index in [9.17, 15) is 4.79 Å². The molecule has 4 aromatic rings. The lowest BCUT2D eigenvalue weighted by molar-refractivity contribution is -0.127. The Bertz CT molecular complexity index is 1090. The summed E-state index contributed by atoms with van der Waals surface area (Å²) in [5.74, 6) is 1.82. The standard InChI is InChI=1S/C18H17N5O2S/c1-11-7-8-12(25-11)9-23(2)15(24)10-26-18-20-17-16(21-22-18)13-5-3-4-6-14(13)19-17/h3-8H,9-10H2,1-2H3,(H,19,20,22). The van der Waals surface area contributed by atoms with Crippen molar-refractivity contribution in [2.24, 2.45) is 0 Å². The fraction of sp³-hybridized carbons (Fsp3) is 0.222. The summed E-state index contributed by atoms with van der Waals surface area (Å²) in [4.78, 5) is 21.6. The first-order chi connectivity index (χ1) is 12.6. The highest BCUT2D eigenvalue weighted by Crippen LogP contribution is 2.23. The number of nitrogens with one attached hydrogen (secondary N) is 1. The Morgan fingerprint density at radius 3 is 2.88 bits per heavy atom. The second kappa shape index (κ2) is 6.80. The molecule has 0 aliphatic carbocycles. The van der Waals surface area contributed by atoms with Crippen LogP contribution in [0.25, 0.3) is 22.1 Å². The Morgan fingerprint density at radius 2 is 2.08 bits per heavy atom. The quantitative estimate of drug-likeness (QED) is 0.545. The van der Waals surface area contributed by atoms with Crippen LogP contribution < -0.4 is 0 Å². The number of carbonyl (C=O) groups excluding carboxylic acids is 1. The number of aryl methyl sites for hydroxylation is 1. The minimum Gasteiger partial charge on any atom is -0.464 e. The van der Waals surface area contributed by atoms with Gasteiger partial charge in [0.15, 0.2) is 5.65 Å². The van der Waals surface area contributed by atoms with E-state index < -0.39 is 0 Å². The number of thioether (sulfide) groups is 1. The summed E-state index contributed by atoms with van der Waals surface area (Å²) in [6.45, 7) is 2.32. The van der Waals surface area contributed by atoms with Crippen LogP contribution in [0.4, 0.5) is 0 Å². The van der Waals surface area contributed by atoms with Crippen molar-refractivity contribution in [1.82, 2.24) is 25.1 Å². The third-order valence-electron chi connectivity index (χ3n) is 4.04. The van der Waals surface area contributed by atoms with Crippen molar-refractivity contribution in [3.05, 3.63) is 47.9 Å². The third-order valence-corrected chi connectivity index (χ3v) is 4.86. The third kappa shape index (κ3) is 3.28. The van der Waals surface area contributed by atoms with Gasteiger partial charge in [0.05, 0.1) is 12.3 Å². The second-order valence-electron chi connectivity index (χ2n) is 6.01. The zero-order valence-corrected chi connectivity index (χ0v) is 15.2. The van der Waals surface area contributed by atoms with Crippen molar-refractivity contribution in [1.29, 1.82) is 0 Å². The first kappa shape index (κ1) is 16.6. The maximum atomic E-state index is 12.3. The van der Waals surface area contributed by atoms with Crippen molar-refractivity contribution in [2.45, 2.75) is 18.6 Å². The summed E-state index contributed by atoms with van der Waals surface area (Å²) in [7, 11) is 1.75. The zero-order chi connectivity index (χ0) is 18.1. The van der Waals surface area contributed by atoms with Crippen molar-refractivity contribution in [2.75, 3.05) is 12.8 Å². The number of aromatic nitrogens is 4. The SMILES string of the molecule is Cc1ccc(CN(C)C(=O)CSc2nnc3c(n2)[nH]c2ccccc23)o1. The van der Waals surface area contributed by atoms with Gasteiger partial charge < -0.3 is 14.3 Å². The fourth-order valence-corrected chi connectivity index (χ4v) is 3.42. The predicted octanol–water partition coefficient (Wildman–Crippen LogP) is 3.16. The Hall–Kier alpha value is -2.87. The Morgan fingerprint density at radius 1 is 1.23 bits per heavy atom. The molecule has 0 aliphatic rings. The lowest BCUT2D eigenvalue weighted by atomic mass is 10.2. The number of nitrogens with zero attached hydrogens (tertiary/aromatic N) is 4. The van der Waals surface area contributed by atoms with E-state index in [2.05, 4.69) is 20.2 Å². The molecule has 0 atom stereocenters. The number of aromatic amines is 1. The monoisotopic (exact) mass is 367 g/mol. The second-order valence-corrected chi connectivity index (χ2v) is 6.96. The van der Waals surface area contributed by atoms with Gasteiger partial charge in [-0.1, -0.05) is 30.0 Å². The van der Waals surface area contributed by atoms with E-state index in [-0.39, 0.29) is 11.7 Å². The number of para-hydroxylation sites is 1. The van der Waals surface area contributed by atoms with Crippen LogP contribution in [-0.4, -0.2) is 43.8 Å². The normalized spacial score (nSPS) is 11.3. The van der Waals surface area contributed by atoms with Gasteiger partial charge in [-0.15, -0.1) is 10.2 Å². The van der Waals surface area contributed by atoms with Gasteiger partial charge in [-0.05, 0) is 25.1 Å². The first-order valence-corrected chi connectivity index (χ1v) is 9.12. The van der Waals surface area contributed by atoms with E-state index in [0.717, 1.165) is 27.9 Å². The van der Waals surface area contributed by atoms with E-state index in [0.29, 0.717) is 17.3 Å². The molecule has 0 unspecified atom stereocenters. The van der Waals surface area contributed by atoms with E-state index in [1.165, 1.54) is 11.8 Å². The largest absolute Gasteiger partial charge is 0.464 e. The molecule has 3 heterocycles. The van der Waals surface area contributed by atoms with Gasteiger partial charge >= 0.3 is 0 Å². The number of rotatable bonds is 5. The van der Waals surface area contributed by atoms with Crippen LogP contribution in [-0.2, 0) is 11.3 Å². The molecule has 26 heavy (non-hydrogen) atoms. The molecule has 7 nitrogen and oxygen atoms in total. The highest BCUT2D eigenvalue weighted by atomic mass is 32.2. The van der Waals surface area contributed by atoms with Crippen LogP contribution in [0.15, 0.2) is 46.0 Å². The smallest absolute Gasteiger partial charge is 0.233 e. The molecule has 4 rings (SSSR count). The van der Waals surface area contributed by atoms with Crippen molar-refractivity contribution in [3.63, 3.8) is 0 Å². The Balaban J connectivity index is 1.43. The number of amides is 1. The lowest BCUT2D eigenvalue weighted by Gasteiger charge is -2.15. The molecule has 132 valence electrons. The topological polar surface area (TPSA) is 87.9 Å². The number of benzene rings is 1. The fourth-order valence-electron chi connectivity index (χ4n) is 2.70. The molecule has 1 amide bonds. The lowest BCUT2D eigenvalue weighted by Crippen LogP contribution is -2.27. The molecular formula is C18H17N5O2S. The van der Waals surface area contributed by atoms with Crippen molar-refractivity contribution in [3.8, 4) is 0 Å². The maximum Gasteiger partial charge on any atom is 0.233 e. The molecule has 0 radical (unpaired) electrons. The summed E-state index contributed by atoms with van der Waals surface area (Å²) in [5, 5.41) is 9.86. The molecule has 1 aromatic carbocycles. The highest BCUT2D eigenvalue weighted by Gasteiger charge is 2.14. The molecule has 8 heteroatoms. The van der Waals surface area contributed by atoms with Crippen LogP contribution in [0.3, 0.4) is 0 Å². The average molecular weight is 367 g/mol. The molecule has 0 aliphatic heterocycles. The summed E-state index contributed by atoms with van der Waals surface area (Å²) < 4.78 is 5.50. The van der Waals surface area contributed by atoms with E-state index in [1.807, 2.05) is 43.3 Å². The van der Waals surface area contributed by atoms with Gasteiger partial charge in [0.1, 0.15) is 17.0 Å². The predicted molar refractivity (Wildman–Crippen MR) is 99.8 cm³/mol. The first-order valence-electron chi connectivity index (χ1n) is 8.13. The van der Waals surface area contributed by atoms with Gasteiger partial charge in [-0.3, -0.25) is 4.79 Å². The van der Waals surface area contributed by atoms with Crippen molar-refractivity contribution < 1.29 is 9.21 Å². The molecule has 0 fully saturated rings. The Kier molecular flexibility index (Phi) is 4.34. The summed E-state index contributed by atoms with van der Waals surface area (Å²) in [6.07, 6.45) is 0. The molecular weight excluding hydrogens is 350 g/mol. The van der Waals surface area contributed by atoms with E-state index in [4.69, 9.17) is 4.42 Å². The zero-order valence-electron chi connectivity index (χ0n) is 14.4. The minimum atomic E-state index is -0.0237. The van der Waals surface area contributed by atoms with E-state index >= 15 is 0 Å². The minimum absolute atomic E-state index is 0.0237. The van der Waals surface area contributed by atoms with E-state index in [1.54, 1.807) is 11.9 Å². The van der Waals surface area contributed by atoms with Crippen molar-refractivity contribution >= 4 is 39.7 Å². The molecule has 1 N–H and O–H groups in total. The number of fused-ring (bicyclic) bond motifs is 3. The van der Waals surface area contributed by atoms with Crippen LogP contribution in [0, 0.1) is 6.92 Å². The van der Waals surface area contributed by atoms with Gasteiger partial charge in [0.2, 0.25) is 11.1 Å². The van der Waals surface area contributed by atoms with Gasteiger partial charge in [0, 0.05) is 18.0 Å². The molecule has 0 saturated carbocycles. The number of hydrogen-bond donors (Lipinski definition) is 1. The average Bonchev–Trinajstić information content (AvgIpc) is 3.22. The molecule has 0 bridgehead atoms. The van der Waals surface area contributed by atoms with Crippen LogP contribution in [0.1, 0.15) is 11.5 Å². The van der Waals surface area contributed by atoms with Gasteiger partial charge in [-0.25, -0.2) is 4.98 Å². The maximum absolute atomic E-state index is 12.3. The Labute approximate surface area is 153 Å². The highest BCUT2D eigenvalue weighted by molar-refractivity contribution is 7.99. The van der Waals surface area contributed by atoms with Gasteiger partial charge in [0.25, 0.3) is 0 Å². The summed E-state index contributed by atoms with van der Waals surface area (Å²) in [6, 6.07) is 11.6. The summed E-state index contributed by atoms with van der Waals surface area (Å²) >= 11 is 1.27. The molecule has 0 spiro atoms. The number of furan rings is 1. The molecule has 0 saturated heterocycles. The number of H-pyrrole nitrogens is 1. The van der Waals surface area contributed by atoms with Crippen LogP contribution >= 0.6 is 11.8 Å². The van der Waals surface area contributed by atoms with Crippen LogP contribution in [0.5, 0.6) is 0 Å². The summed E-state index contributed by atoms with van der Waals surface area (Å²) in [5.41, 5.74) is 2.38. The number of hydrogen-bond acceptors (Lipinski definition) is 6. The molecule has 3 aromatic heterocycles. The number of carbonyl (C=O) groups is 1. The van der Waals surface area contributed by atoms with Gasteiger partial charge in [-0.2, -0.15) is 0 Å². The van der Waals surface area contributed by atoms with Crippen LogP contribution in [0.2, 0.25) is 0 Å².